The van der Waals surface area contributed by atoms with Crippen molar-refractivity contribution < 1.29 is 24.3 Å². The molecule has 1 rings (SSSR count). The molecular weight excluding hydrogens is 233 g/mol. The van der Waals surface area contributed by atoms with Gasteiger partial charge in [-0.25, -0.2) is 9.59 Å². The highest BCUT2D eigenvalue weighted by Gasteiger charge is 2.04. The van der Waals surface area contributed by atoms with E-state index in [-0.39, 0.29) is 0 Å². The molecule has 0 bridgehead atoms. The first-order valence-corrected chi connectivity index (χ1v) is 4.09. The van der Waals surface area contributed by atoms with E-state index in [0.717, 1.165) is 0 Å². The van der Waals surface area contributed by atoms with E-state index in [2.05, 4.69) is 5.43 Å². The lowest BCUT2D eigenvalue weighted by atomic mass is 10.2. The lowest BCUT2D eigenvalue weighted by Crippen LogP contribution is -2.09. The van der Waals surface area contributed by atoms with Crippen LogP contribution >= 0.6 is 0 Å². The summed E-state index contributed by atoms with van der Waals surface area (Å²) in [6.07, 6.45) is 0. The Morgan fingerprint density at radius 3 is 1.94 bits per heavy atom. The van der Waals surface area contributed by atoms with Gasteiger partial charge in [0.15, 0.2) is 0 Å². The number of hydrogen-bond donors (Lipinski definition) is 4. The number of carboxylic acids is 2. The maximum atomic E-state index is 11.4. The number of rotatable bonds is 2. The molecule has 0 amide bonds. The van der Waals surface area contributed by atoms with Crippen LogP contribution < -0.4 is 11.1 Å². The van der Waals surface area contributed by atoms with Gasteiger partial charge in [-0.15, -0.1) is 4.48 Å². The predicted molar refractivity (Wildman–Crippen MR) is 54.3 cm³/mol. The molecule has 7 nitrogen and oxygen atoms in total. The van der Waals surface area contributed by atoms with Crippen LogP contribution in [0.4, 0.5) is 10.2 Å². The number of aliphatic carboxylic acids is 2. The zero-order chi connectivity index (χ0) is 13.3. The van der Waals surface area contributed by atoms with Crippen LogP contribution in [0.5, 0.6) is 0 Å². The Morgan fingerprint density at radius 2 is 1.65 bits per heavy atom. The highest BCUT2D eigenvalue weighted by atomic mass is 19.2. The number of benzene rings is 1. The molecule has 0 aliphatic heterocycles. The lowest BCUT2D eigenvalue weighted by molar-refractivity contribution is -0.159. The third kappa shape index (κ3) is 6.43. The second-order valence-electron chi connectivity index (χ2n) is 2.52. The summed E-state index contributed by atoms with van der Waals surface area (Å²) in [5, 5.41) is 23.2. The first-order chi connectivity index (χ1) is 8.01. The first-order valence-electron chi connectivity index (χ1n) is 4.09. The van der Waals surface area contributed by atoms with Crippen LogP contribution in [0.3, 0.4) is 0 Å². The van der Waals surface area contributed by atoms with Crippen molar-refractivity contribution in [3.05, 3.63) is 29.8 Å². The fourth-order valence-corrected chi connectivity index (χ4v) is 0.683. The topological polar surface area (TPSA) is 122 Å². The molecule has 0 unspecified atom stereocenters. The first kappa shape index (κ1) is 14.3. The molecule has 90 valence electrons. The van der Waals surface area contributed by atoms with Crippen molar-refractivity contribution in [3.63, 3.8) is 0 Å². The summed E-state index contributed by atoms with van der Waals surface area (Å²) < 4.78 is 11.4. The van der Waals surface area contributed by atoms with Crippen molar-refractivity contribution in [3.8, 4) is 6.07 Å². The van der Waals surface area contributed by atoms with Crippen LogP contribution in [0.25, 0.3) is 0 Å². The number of carbonyl (C=O) groups is 2. The van der Waals surface area contributed by atoms with Crippen LogP contribution in [-0.4, -0.2) is 22.2 Å². The third-order valence-electron chi connectivity index (χ3n) is 1.39. The van der Waals surface area contributed by atoms with Crippen molar-refractivity contribution in [2.75, 3.05) is 5.43 Å². The molecule has 0 heterocycles. The van der Waals surface area contributed by atoms with Gasteiger partial charge in [0, 0.05) is 0 Å². The third-order valence-corrected chi connectivity index (χ3v) is 1.39. The highest BCUT2D eigenvalue weighted by Crippen LogP contribution is 2.06. The van der Waals surface area contributed by atoms with Gasteiger partial charge in [0.05, 0.1) is 17.3 Å². The zero-order valence-corrected chi connectivity index (χ0v) is 8.35. The average Bonchev–Trinajstić information content (AvgIpc) is 2.31. The van der Waals surface area contributed by atoms with Gasteiger partial charge >= 0.3 is 11.9 Å². The minimum Gasteiger partial charge on any atom is -0.473 e. The van der Waals surface area contributed by atoms with Crippen molar-refractivity contribution in [1.82, 2.24) is 5.65 Å². The molecule has 0 aliphatic rings. The zero-order valence-electron chi connectivity index (χ0n) is 8.35. The van der Waals surface area contributed by atoms with Gasteiger partial charge in [0.2, 0.25) is 0 Å². The quantitative estimate of drug-likeness (QED) is 0.338. The average molecular weight is 241 g/mol. The predicted octanol–water partition coefficient (Wildman–Crippen LogP) is 0.515. The van der Waals surface area contributed by atoms with E-state index >= 15 is 0 Å². The van der Waals surface area contributed by atoms with E-state index in [1.807, 2.05) is 6.07 Å². The molecule has 8 heteroatoms. The number of anilines is 1. The maximum absolute atomic E-state index is 11.4. The van der Waals surface area contributed by atoms with E-state index in [1.165, 1.54) is 5.65 Å². The fraction of sp³-hybridized carbons (Fsp3) is 0. The Hall–Kier alpha value is -2.66. The molecule has 0 aliphatic carbocycles. The van der Waals surface area contributed by atoms with Gasteiger partial charge in [-0.3, -0.25) is 5.43 Å². The number of halogens is 1. The largest absolute Gasteiger partial charge is 0.473 e. The van der Waals surface area contributed by atoms with Crippen molar-refractivity contribution in [2.24, 2.45) is 0 Å². The summed E-state index contributed by atoms with van der Waals surface area (Å²) in [6.45, 7) is 0. The Bertz CT molecular complexity index is 415. The van der Waals surface area contributed by atoms with E-state index in [4.69, 9.17) is 25.1 Å². The van der Waals surface area contributed by atoms with Gasteiger partial charge in [0.25, 0.3) is 0 Å². The second-order valence-corrected chi connectivity index (χ2v) is 2.52. The van der Waals surface area contributed by atoms with Crippen molar-refractivity contribution in [2.45, 2.75) is 0 Å². The molecular formula is C9H8FN3O4. The summed E-state index contributed by atoms with van der Waals surface area (Å²) in [5.41, 5.74) is 4.65. The SMILES string of the molecule is N#Cc1ccc(NNF)cc1.O=C(O)C(=O)O. The molecule has 0 radical (unpaired) electrons. The van der Waals surface area contributed by atoms with Crippen molar-refractivity contribution in [1.29, 1.82) is 5.26 Å². The Labute approximate surface area is 95.0 Å². The van der Waals surface area contributed by atoms with Gasteiger partial charge in [-0.1, -0.05) is 5.65 Å². The summed E-state index contributed by atoms with van der Waals surface area (Å²) >= 11 is 0. The lowest BCUT2D eigenvalue weighted by Gasteiger charge is -1.99. The minimum atomic E-state index is -1.82. The molecule has 1 aromatic carbocycles. The van der Waals surface area contributed by atoms with Crippen LogP contribution in [0.15, 0.2) is 24.3 Å². The molecule has 0 atom stereocenters. The molecule has 0 saturated heterocycles. The number of nitrogens with zero attached hydrogens (tertiary/aromatic N) is 1. The van der Waals surface area contributed by atoms with E-state index < -0.39 is 11.9 Å². The molecule has 0 fully saturated rings. The Morgan fingerprint density at radius 1 is 1.18 bits per heavy atom. The molecule has 0 saturated carbocycles. The Kier molecular flexibility index (Phi) is 6.42. The minimum absolute atomic E-state index is 0.550. The number of hydrogen-bond acceptors (Lipinski definition) is 5. The summed E-state index contributed by atoms with van der Waals surface area (Å²) in [4.78, 5) is 18.2. The molecule has 4 N–H and O–H groups in total. The van der Waals surface area contributed by atoms with Crippen LogP contribution in [0.1, 0.15) is 5.56 Å². The highest BCUT2D eigenvalue weighted by molar-refractivity contribution is 6.27. The number of nitriles is 1. The van der Waals surface area contributed by atoms with Crippen LogP contribution in [-0.2, 0) is 9.59 Å². The van der Waals surface area contributed by atoms with Gasteiger partial charge in [-0.2, -0.15) is 5.26 Å². The summed E-state index contributed by atoms with van der Waals surface area (Å²) in [5.74, 6) is -3.65. The van der Waals surface area contributed by atoms with Crippen molar-refractivity contribution >= 4 is 17.6 Å². The maximum Gasteiger partial charge on any atom is 0.414 e. The van der Waals surface area contributed by atoms with Gasteiger partial charge in [0.1, 0.15) is 0 Å². The van der Waals surface area contributed by atoms with Crippen LogP contribution in [0.2, 0.25) is 0 Å². The molecule has 0 aromatic heterocycles. The van der Waals surface area contributed by atoms with Gasteiger partial charge in [-0.05, 0) is 24.3 Å². The summed E-state index contributed by atoms with van der Waals surface area (Å²) in [7, 11) is 0. The molecule has 1 aromatic rings. The van der Waals surface area contributed by atoms with Crippen LogP contribution in [0, 0.1) is 11.3 Å². The number of nitrogens with one attached hydrogen (secondary N) is 2. The van der Waals surface area contributed by atoms with Gasteiger partial charge < -0.3 is 10.2 Å². The Balaban J connectivity index is 0.000000366. The van der Waals surface area contributed by atoms with E-state index in [9.17, 15) is 4.48 Å². The molecule has 0 spiro atoms. The van der Waals surface area contributed by atoms with E-state index in [1.54, 1.807) is 24.3 Å². The normalized spacial score (nSPS) is 8.24. The molecule has 17 heavy (non-hydrogen) atoms. The second kappa shape index (κ2) is 7.61. The van der Waals surface area contributed by atoms with E-state index in [0.29, 0.717) is 11.3 Å². The standard InChI is InChI=1S/C7H6FN3.C2H2O4/c8-11-10-7-3-1-6(5-9)2-4-7;3-1(4)2(5)6/h1-4,10-11H;(H,3,4)(H,5,6). The smallest absolute Gasteiger partial charge is 0.414 e. The monoisotopic (exact) mass is 241 g/mol. The fourth-order valence-electron chi connectivity index (χ4n) is 0.683. The number of carboxylic acid groups (broad SMARTS) is 2. The number of hydrazine groups is 1. The summed E-state index contributed by atoms with van der Waals surface area (Å²) in [6, 6.07) is 8.35.